The first-order valence-electron chi connectivity index (χ1n) is 12.6. The van der Waals surface area contributed by atoms with Gasteiger partial charge in [0.1, 0.15) is 11.3 Å². The Labute approximate surface area is 239 Å². The predicted molar refractivity (Wildman–Crippen MR) is 149 cm³/mol. The first kappa shape index (κ1) is 28.1. The van der Waals surface area contributed by atoms with Crippen LogP contribution in [0.25, 0.3) is 0 Å². The Morgan fingerprint density at radius 1 is 1.10 bits per heavy atom. The molecule has 15 heteroatoms. The average molecular weight is 582 g/mol. The van der Waals surface area contributed by atoms with Crippen LogP contribution in [0, 0.1) is 11.7 Å². The summed E-state index contributed by atoms with van der Waals surface area (Å²) in [5.74, 6) is -0.403. The predicted octanol–water partition coefficient (Wildman–Crippen LogP) is 3.02. The summed E-state index contributed by atoms with van der Waals surface area (Å²) >= 11 is 1.34. The van der Waals surface area contributed by atoms with Gasteiger partial charge in [0.2, 0.25) is 11.8 Å². The van der Waals surface area contributed by atoms with Gasteiger partial charge in [-0.1, -0.05) is 11.8 Å². The van der Waals surface area contributed by atoms with Crippen LogP contribution in [-0.4, -0.2) is 74.4 Å². The zero-order valence-electron chi connectivity index (χ0n) is 22.8. The molecule has 0 aromatic carbocycles. The molecule has 2 N–H and O–H groups in total. The van der Waals surface area contributed by atoms with Gasteiger partial charge in [-0.15, -0.1) is 0 Å². The molecule has 3 aromatic rings. The molecule has 0 unspecified atom stereocenters. The summed E-state index contributed by atoms with van der Waals surface area (Å²) in [6.45, 7) is 6.60. The average Bonchev–Trinajstić information content (AvgIpc) is 3.33. The van der Waals surface area contributed by atoms with Crippen molar-refractivity contribution in [2.45, 2.75) is 31.1 Å². The number of amidine groups is 1. The normalized spacial score (nSPS) is 20.1. The highest BCUT2D eigenvalue weighted by Gasteiger charge is 2.53. The number of nitrogens with one attached hydrogen (secondary N) is 2. The number of aliphatic imine (C=N–C) groups is 1. The van der Waals surface area contributed by atoms with Crippen molar-refractivity contribution in [2.75, 3.05) is 37.0 Å². The molecule has 0 bridgehead atoms. The number of amides is 2. The molecule has 1 saturated heterocycles. The van der Waals surface area contributed by atoms with E-state index in [9.17, 15) is 14.0 Å². The highest BCUT2D eigenvalue weighted by molar-refractivity contribution is 8.14. The van der Waals surface area contributed by atoms with Gasteiger partial charge in [0.25, 0.3) is 5.91 Å². The van der Waals surface area contributed by atoms with Gasteiger partial charge >= 0.3 is 6.09 Å². The van der Waals surface area contributed by atoms with Gasteiger partial charge < -0.3 is 19.7 Å². The Balaban J connectivity index is 1.43. The Bertz CT molecular complexity index is 1470. The Morgan fingerprint density at radius 3 is 2.56 bits per heavy atom. The molecule has 0 spiro atoms. The van der Waals surface area contributed by atoms with Gasteiger partial charge in [0.05, 0.1) is 42.3 Å². The van der Waals surface area contributed by atoms with E-state index in [-0.39, 0.29) is 11.6 Å². The van der Waals surface area contributed by atoms with E-state index in [2.05, 4.69) is 40.5 Å². The zero-order valence-corrected chi connectivity index (χ0v) is 23.6. The number of thioether (sulfide) groups is 1. The fraction of sp³-hybridized carbons (Fsp3) is 0.385. The number of hydrogen-bond acceptors (Lipinski definition) is 12. The van der Waals surface area contributed by atoms with Crippen molar-refractivity contribution in [1.29, 1.82) is 0 Å². The van der Waals surface area contributed by atoms with Crippen LogP contribution in [0.2, 0.25) is 0 Å². The second kappa shape index (κ2) is 11.2. The number of anilines is 2. The summed E-state index contributed by atoms with van der Waals surface area (Å²) in [7, 11) is 1.46. The Hall–Kier alpha value is -4.40. The van der Waals surface area contributed by atoms with E-state index < -0.39 is 28.2 Å². The number of ether oxygens (including phenoxy) is 2. The van der Waals surface area contributed by atoms with Crippen LogP contribution in [0.15, 0.2) is 48.1 Å². The number of fused-ring (bicyclic) bond motifs is 1. The topological polar surface area (TPSA) is 157 Å². The lowest BCUT2D eigenvalue weighted by Gasteiger charge is -2.36. The fourth-order valence-corrected chi connectivity index (χ4v) is 5.87. The lowest BCUT2D eigenvalue weighted by atomic mass is 9.90. The molecule has 0 saturated carbocycles. The molecule has 2 amide bonds. The summed E-state index contributed by atoms with van der Waals surface area (Å²) < 4.78 is 23.2. The van der Waals surface area contributed by atoms with Crippen molar-refractivity contribution in [1.82, 2.24) is 30.2 Å². The van der Waals surface area contributed by atoms with Crippen LogP contribution in [0.3, 0.4) is 0 Å². The molecular weight excluding hydrogens is 553 g/mol. The number of nitrogens with zero attached hydrogens (tertiary/aromatic N) is 7. The minimum absolute atomic E-state index is 0.0729. The van der Waals surface area contributed by atoms with Crippen LogP contribution in [0.5, 0.6) is 5.88 Å². The third-order valence-electron chi connectivity index (χ3n) is 6.28. The van der Waals surface area contributed by atoms with Gasteiger partial charge in [-0.2, -0.15) is 0 Å². The molecule has 13 nitrogen and oxygen atoms in total. The second-order valence-corrected chi connectivity index (χ2v) is 11.7. The minimum atomic E-state index is -0.718. The summed E-state index contributed by atoms with van der Waals surface area (Å²) in [6.07, 6.45) is 5.90. The van der Waals surface area contributed by atoms with E-state index in [4.69, 9.17) is 9.47 Å². The lowest BCUT2D eigenvalue weighted by molar-refractivity contribution is 0.0564. The SMILES string of the molecule is COc1cnc(C(=O)Nc2ccnc([C@]34CN(c5ncc(F)cn5)C[C@@H]3CN=C(NC(=O)OC(C)(C)C)S4)c2)cn1. The van der Waals surface area contributed by atoms with Crippen molar-refractivity contribution in [2.24, 2.45) is 10.9 Å². The summed E-state index contributed by atoms with van der Waals surface area (Å²) in [4.78, 5) is 53.1. The van der Waals surface area contributed by atoms with Crippen LogP contribution in [-0.2, 0) is 9.48 Å². The van der Waals surface area contributed by atoms with Crippen LogP contribution in [0.1, 0.15) is 37.0 Å². The first-order chi connectivity index (χ1) is 19.5. The number of hydrogen-bond donors (Lipinski definition) is 2. The van der Waals surface area contributed by atoms with E-state index in [0.29, 0.717) is 48.0 Å². The number of alkyl carbamates (subject to hydrolysis) is 1. The lowest BCUT2D eigenvalue weighted by Crippen LogP contribution is -2.44. The van der Waals surface area contributed by atoms with Gasteiger partial charge in [0.15, 0.2) is 11.0 Å². The monoisotopic (exact) mass is 581 g/mol. The minimum Gasteiger partial charge on any atom is -0.480 e. The molecule has 1 fully saturated rings. The summed E-state index contributed by atoms with van der Waals surface area (Å²) in [5, 5.41) is 5.97. The number of halogens is 1. The zero-order chi connectivity index (χ0) is 29.2. The van der Waals surface area contributed by atoms with Crippen molar-refractivity contribution in [3.8, 4) is 5.88 Å². The van der Waals surface area contributed by atoms with E-state index >= 15 is 0 Å². The fourth-order valence-electron chi connectivity index (χ4n) is 4.50. The molecule has 214 valence electrons. The third kappa shape index (κ3) is 6.34. The third-order valence-corrected chi connectivity index (χ3v) is 7.74. The van der Waals surface area contributed by atoms with Crippen LogP contribution >= 0.6 is 11.8 Å². The Morgan fingerprint density at radius 2 is 1.88 bits per heavy atom. The number of aromatic nitrogens is 5. The van der Waals surface area contributed by atoms with E-state index in [0.717, 1.165) is 12.4 Å². The summed E-state index contributed by atoms with van der Waals surface area (Å²) in [5.41, 5.74) is 0.571. The maximum absolute atomic E-state index is 13.5. The maximum atomic E-state index is 13.5. The molecule has 3 aromatic heterocycles. The molecule has 41 heavy (non-hydrogen) atoms. The van der Waals surface area contributed by atoms with Crippen molar-refractivity contribution in [3.63, 3.8) is 0 Å². The number of carbonyl (C=O) groups is 2. The number of carbonyl (C=O) groups excluding carboxylic acids is 2. The molecule has 2 aliphatic rings. The Kier molecular flexibility index (Phi) is 7.71. The van der Waals surface area contributed by atoms with E-state index in [1.165, 1.54) is 31.3 Å². The van der Waals surface area contributed by atoms with Crippen molar-refractivity contribution < 1.29 is 23.5 Å². The van der Waals surface area contributed by atoms with Crippen LogP contribution < -0.4 is 20.3 Å². The van der Waals surface area contributed by atoms with Gasteiger partial charge in [0, 0.05) is 37.4 Å². The molecule has 0 aliphatic carbocycles. The first-order valence-corrected chi connectivity index (χ1v) is 13.5. The molecule has 5 rings (SSSR count). The van der Waals surface area contributed by atoms with Crippen molar-refractivity contribution in [3.05, 3.63) is 60.3 Å². The highest BCUT2D eigenvalue weighted by Crippen LogP contribution is 2.51. The molecular formula is C26H28FN9O4S. The smallest absolute Gasteiger partial charge is 0.413 e. The van der Waals surface area contributed by atoms with Gasteiger partial charge in [-0.25, -0.2) is 29.1 Å². The largest absolute Gasteiger partial charge is 0.480 e. The molecule has 0 radical (unpaired) electrons. The quantitative estimate of drug-likeness (QED) is 0.456. The molecule has 2 aliphatic heterocycles. The number of pyridine rings is 1. The van der Waals surface area contributed by atoms with Gasteiger partial charge in [-0.3, -0.25) is 20.1 Å². The molecule has 2 atom stereocenters. The standard InChI is InChI=1S/C26H28FN9O4S/c1-25(2,3)40-24(38)35-23-33-8-15-13-36(22-31-9-16(27)10-32-22)14-26(15,41-23)19-7-17(5-6-28-19)34-21(37)18-11-30-20(39-4)12-29-18/h5-7,9-12,15H,8,13-14H2,1-4H3,(H,28,34,37)(H,33,35,38)/t15-,26-/m0/s1. The van der Waals surface area contributed by atoms with Crippen LogP contribution in [0.4, 0.5) is 20.8 Å². The summed E-state index contributed by atoms with van der Waals surface area (Å²) in [6, 6.07) is 3.45. The van der Waals surface area contributed by atoms with Crippen molar-refractivity contribution >= 4 is 40.6 Å². The van der Waals surface area contributed by atoms with Gasteiger partial charge in [-0.05, 0) is 32.9 Å². The second-order valence-electron chi connectivity index (χ2n) is 10.4. The number of methoxy groups -OCH3 is 1. The molecule has 5 heterocycles. The maximum Gasteiger partial charge on any atom is 0.413 e. The highest BCUT2D eigenvalue weighted by atomic mass is 32.2. The number of rotatable bonds is 5. The van der Waals surface area contributed by atoms with E-state index in [1.54, 1.807) is 39.1 Å². The van der Waals surface area contributed by atoms with E-state index in [1.807, 2.05) is 4.90 Å².